The van der Waals surface area contributed by atoms with E-state index in [4.69, 9.17) is 19.5 Å². The lowest BCUT2D eigenvalue weighted by Gasteiger charge is -2.09. The second-order valence-electron chi connectivity index (χ2n) is 3.57. The average Bonchev–Trinajstić information content (AvgIpc) is 2.43. The topological polar surface area (TPSA) is 68.5 Å². The standard InChI is InChI=1S/C14H15NO4/c1-3-9-18-14(16)19-12-7-6-11(5-4-8-15)10-13(12)17-2/h4-7,10H,3,9H2,1-2H3/b5-4-. The van der Waals surface area contributed by atoms with Crippen LogP contribution in [-0.2, 0) is 4.74 Å². The molecule has 1 aromatic carbocycles. The van der Waals surface area contributed by atoms with Crippen molar-refractivity contribution < 1.29 is 19.0 Å². The molecule has 0 spiro atoms. The third-order valence-corrected chi connectivity index (χ3v) is 2.16. The molecular weight excluding hydrogens is 246 g/mol. The molecule has 1 rings (SSSR count). The van der Waals surface area contributed by atoms with Crippen LogP contribution in [-0.4, -0.2) is 19.9 Å². The molecule has 0 bridgehead atoms. The maximum atomic E-state index is 11.3. The van der Waals surface area contributed by atoms with Gasteiger partial charge in [-0.1, -0.05) is 13.0 Å². The molecule has 0 unspecified atom stereocenters. The number of nitriles is 1. The number of hydrogen-bond donors (Lipinski definition) is 0. The smallest absolute Gasteiger partial charge is 0.493 e. The Morgan fingerprint density at radius 2 is 2.21 bits per heavy atom. The highest BCUT2D eigenvalue weighted by molar-refractivity contribution is 5.66. The number of ether oxygens (including phenoxy) is 3. The van der Waals surface area contributed by atoms with Crippen molar-refractivity contribution in [1.29, 1.82) is 5.26 Å². The molecule has 1 aromatic rings. The highest BCUT2D eigenvalue weighted by atomic mass is 16.7. The molecule has 100 valence electrons. The van der Waals surface area contributed by atoms with Gasteiger partial charge in [-0.25, -0.2) is 4.79 Å². The highest BCUT2D eigenvalue weighted by Gasteiger charge is 2.11. The van der Waals surface area contributed by atoms with Gasteiger partial charge in [0.2, 0.25) is 0 Å². The first-order chi connectivity index (χ1) is 9.21. The predicted octanol–water partition coefficient (Wildman–Crippen LogP) is 3.16. The Kier molecular flexibility index (Phi) is 5.96. The lowest BCUT2D eigenvalue weighted by atomic mass is 10.2. The molecule has 0 aromatic heterocycles. The molecule has 0 aliphatic heterocycles. The van der Waals surface area contributed by atoms with Crippen molar-refractivity contribution in [1.82, 2.24) is 0 Å². The third-order valence-electron chi connectivity index (χ3n) is 2.16. The van der Waals surface area contributed by atoms with Crippen LogP contribution in [0.1, 0.15) is 18.9 Å². The van der Waals surface area contributed by atoms with Crippen molar-refractivity contribution in [2.24, 2.45) is 0 Å². The van der Waals surface area contributed by atoms with Crippen LogP contribution in [0.2, 0.25) is 0 Å². The Bertz CT molecular complexity index is 503. The molecule has 0 saturated heterocycles. The summed E-state index contributed by atoms with van der Waals surface area (Å²) in [5.74, 6) is 0.672. The molecule has 5 nitrogen and oxygen atoms in total. The van der Waals surface area contributed by atoms with E-state index in [1.807, 2.05) is 13.0 Å². The monoisotopic (exact) mass is 261 g/mol. The normalized spacial score (nSPS) is 9.95. The van der Waals surface area contributed by atoms with Gasteiger partial charge in [-0.3, -0.25) is 0 Å². The summed E-state index contributed by atoms with van der Waals surface area (Å²) in [6.45, 7) is 2.20. The summed E-state index contributed by atoms with van der Waals surface area (Å²) in [6, 6.07) is 6.85. The minimum Gasteiger partial charge on any atom is -0.493 e. The van der Waals surface area contributed by atoms with Crippen LogP contribution < -0.4 is 9.47 Å². The Morgan fingerprint density at radius 1 is 1.42 bits per heavy atom. The Morgan fingerprint density at radius 3 is 2.84 bits per heavy atom. The summed E-state index contributed by atoms with van der Waals surface area (Å²) in [5, 5.41) is 8.46. The van der Waals surface area contributed by atoms with Gasteiger partial charge >= 0.3 is 6.16 Å². The zero-order chi connectivity index (χ0) is 14.1. The van der Waals surface area contributed by atoms with E-state index in [1.165, 1.54) is 13.2 Å². The lowest BCUT2D eigenvalue weighted by molar-refractivity contribution is 0.0980. The first-order valence-electron chi connectivity index (χ1n) is 5.80. The molecule has 0 aliphatic rings. The Hall–Kier alpha value is -2.48. The van der Waals surface area contributed by atoms with Crippen LogP contribution in [0.15, 0.2) is 24.3 Å². The van der Waals surface area contributed by atoms with E-state index in [0.29, 0.717) is 12.4 Å². The summed E-state index contributed by atoms with van der Waals surface area (Å²) in [5.41, 5.74) is 0.771. The van der Waals surface area contributed by atoms with E-state index in [9.17, 15) is 4.79 Å². The second kappa shape index (κ2) is 7.77. The highest BCUT2D eigenvalue weighted by Crippen LogP contribution is 2.28. The van der Waals surface area contributed by atoms with E-state index in [-0.39, 0.29) is 5.75 Å². The molecule has 0 radical (unpaired) electrons. The van der Waals surface area contributed by atoms with Gasteiger partial charge in [0, 0.05) is 6.08 Å². The fraction of sp³-hybridized carbons (Fsp3) is 0.286. The largest absolute Gasteiger partial charge is 0.513 e. The summed E-state index contributed by atoms with van der Waals surface area (Å²) in [6.07, 6.45) is 2.94. The van der Waals surface area contributed by atoms with Gasteiger partial charge in [0.15, 0.2) is 11.5 Å². The number of nitrogens with zero attached hydrogens (tertiary/aromatic N) is 1. The molecule has 0 amide bonds. The number of hydrogen-bond acceptors (Lipinski definition) is 5. The molecule has 0 atom stereocenters. The van der Waals surface area contributed by atoms with Gasteiger partial charge in [0.1, 0.15) is 0 Å². The lowest BCUT2D eigenvalue weighted by Crippen LogP contribution is -2.11. The molecule has 5 heteroatoms. The van der Waals surface area contributed by atoms with Gasteiger partial charge in [0.05, 0.1) is 19.8 Å². The fourth-order valence-corrected chi connectivity index (χ4v) is 1.31. The molecule has 0 fully saturated rings. The van der Waals surface area contributed by atoms with E-state index < -0.39 is 6.16 Å². The van der Waals surface area contributed by atoms with Crippen molar-refractivity contribution in [3.05, 3.63) is 29.8 Å². The zero-order valence-electron chi connectivity index (χ0n) is 10.9. The second-order valence-corrected chi connectivity index (χ2v) is 3.57. The maximum Gasteiger partial charge on any atom is 0.513 e. The van der Waals surface area contributed by atoms with Gasteiger partial charge < -0.3 is 14.2 Å². The summed E-state index contributed by atoms with van der Waals surface area (Å²) < 4.78 is 15.0. The molecule has 19 heavy (non-hydrogen) atoms. The first kappa shape index (κ1) is 14.6. The number of benzene rings is 1. The fourth-order valence-electron chi connectivity index (χ4n) is 1.31. The number of rotatable bonds is 5. The van der Waals surface area contributed by atoms with Crippen LogP contribution in [0, 0.1) is 11.3 Å². The van der Waals surface area contributed by atoms with Crippen molar-refractivity contribution >= 4 is 12.2 Å². The van der Waals surface area contributed by atoms with Crippen LogP contribution in [0.3, 0.4) is 0 Å². The van der Waals surface area contributed by atoms with Crippen molar-refractivity contribution in [3.8, 4) is 17.6 Å². The summed E-state index contributed by atoms with van der Waals surface area (Å²) in [4.78, 5) is 11.3. The van der Waals surface area contributed by atoms with Crippen molar-refractivity contribution in [3.63, 3.8) is 0 Å². The maximum absolute atomic E-state index is 11.3. The van der Waals surface area contributed by atoms with Crippen LogP contribution in [0.4, 0.5) is 4.79 Å². The third kappa shape index (κ3) is 4.72. The van der Waals surface area contributed by atoms with Crippen LogP contribution in [0.5, 0.6) is 11.5 Å². The Labute approximate surface area is 112 Å². The first-order valence-corrected chi connectivity index (χ1v) is 5.80. The summed E-state index contributed by atoms with van der Waals surface area (Å²) in [7, 11) is 1.47. The van der Waals surface area contributed by atoms with E-state index in [0.717, 1.165) is 12.0 Å². The van der Waals surface area contributed by atoms with Gasteiger partial charge in [-0.15, -0.1) is 0 Å². The van der Waals surface area contributed by atoms with Gasteiger partial charge in [-0.2, -0.15) is 5.26 Å². The van der Waals surface area contributed by atoms with Crippen molar-refractivity contribution in [2.75, 3.05) is 13.7 Å². The van der Waals surface area contributed by atoms with Gasteiger partial charge in [0.25, 0.3) is 0 Å². The van der Waals surface area contributed by atoms with E-state index in [2.05, 4.69) is 0 Å². The molecule has 0 saturated carbocycles. The van der Waals surface area contributed by atoms with Crippen LogP contribution >= 0.6 is 0 Å². The number of allylic oxidation sites excluding steroid dienone is 1. The average molecular weight is 261 g/mol. The number of carbonyl (C=O) groups excluding carboxylic acids is 1. The van der Waals surface area contributed by atoms with Crippen molar-refractivity contribution in [2.45, 2.75) is 13.3 Å². The Balaban J connectivity index is 2.81. The number of methoxy groups -OCH3 is 1. The minimum absolute atomic E-state index is 0.276. The molecular formula is C14H15NO4. The van der Waals surface area contributed by atoms with E-state index >= 15 is 0 Å². The SMILES string of the molecule is CCCOC(=O)Oc1ccc(/C=C\C#N)cc1OC. The molecule has 0 N–H and O–H groups in total. The number of carbonyl (C=O) groups is 1. The molecule has 0 aliphatic carbocycles. The molecule has 0 heterocycles. The van der Waals surface area contributed by atoms with Gasteiger partial charge in [-0.05, 0) is 30.2 Å². The zero-order valence-corrected chi connectivity index (χ0v) is 10.9. The van der Waals surface area contributed by atoms with Crippen LogP contribution in [0.25, 0.3) is 6.08 Å². The van der Waals surface area contributed by atoms with E-state index in [1.54, 1.807) is 24.3 Å². The summed E-state index contributed by atoms with van der Waals surface area (Å²) >= 11 is 0. The predicted molar refractivity (Wildman–Crippen MR) is 69.9 cm³/mol. The quantitative estimate of drug-likeness (QED) is 0.462. The minimum atomic E-state index is -0.763.